The molecule has 5 nitrogen and oxygen atoms in total. The molecule has 0 saturated heterocycles. The van der Waals surface area contributed by atoms with E-state index in [1.807, 2.05) is 29.8 Å². The molecule has 1 aromatic heterocycles. The molecule has 3 aromatic rings. The second-order valence-electron chi connectivity index (χ2n) is 6.14. The molecule has 124 valence electrons. The molecule has 0 radical (unpaired) electrons. The van der Waals surface area contributed by atoms with Crippen LogP contribution in [0.2, 0.25) is 0 Å². The zero-order chi connectivity index (χ0) is 17.9. The highest BCUT2D eigenvalue weighted by Gasteiger charge is 2.32. The van der Waals surface area contributed by atoms with Gasteiger partial charge >= 0.3 is 0 Å². The topological polar surface area (TPSA) is 51.5 Å². The third-order valence-electron chi connectivity index (χ3n) is 4.72. The monoisotopic (exact) mass is 332 g/mol. The molecule has 2 amide bonds. The van der Waals surface area contributed by atoms with Crippen molar-refractivity contribution in [3.8, 4) is 11.5 Å². The largest absolute Gasteiger partial charge is 0.457 e. The van der Waals surface area contributed by atoms with Crippen molar-refractivity contribution in [2.24, 2.45) is 7.05 Å². The molecule has 0 atom stereocenters. The highest BCUT2D eigenvalue weighted by atomic mass is 16.5. The Labute approximate surface area is 144 Å². The van der Waals surface area contributed by atoms with Gasteiger partial charge in [-0.3, -0.25) is 14.5 Å². The maximum atomic E-state index is 12.1. The summed E-state index contributed by atoms with van der Waals surface area (Å²) in [6.45, 7) is 8.12. The Morgan fingerprint density at radius 2 is 1.40 bits per heavy atom. The summed E-state index contributed by atoms with van der Waals surface area (Å²) in [5, 5.41) is 3.76. The first-order valence-electron chi connectivity index (χ1n) is 7.79. The number of ether oxygens (including phenoxy) is 1. The van der Waals surface area contributed by atoms with Crippen molar-refractivity contribution in [3.05, 3.63) is 58.2 Å². The Bertz CT molecular complexity index is 1170. The second kappa shape index (κ2) is 5.08. The lowest BCUT2D eigenvalue weighted by Gasteiger charge is -2.07. The van der Waals surface area contributed by atoms with E-state index in [9.17, 15) is 9.59 Å². The second-order valence-corrected chi connectivity index (χ2v) is 6.14. The van der Waals surface area contributed by atoms with E-state index in [0.717, 1.165) is 26.4 Å². The summed E-state index contributed by atoms with van der Waals surface area (Å²) in [6.07, 6.45) is 0. The predicted molar refractivity (Wildman–Crippen MR) is 96.2 cm³/mol. The summed E-state index contributed by atoms with van der Waals surface area (Å²) < 4.78 is 7.83. The number of carbonyl (C=O) groups is 2. The molecule has 2 aromatic carbocycles. The summed E-state index contributed by atoms with van der Waals surface area (Å²) in [5.74, 6) is 0.534. The summed E-state index contributed by atoms with van der Waals surface area (Å²) in [6, 6.07) is 10.6. The van der Waals surface area contributed by atoms with Crippen LogP contribution in [0.4, 0.5) is 0 Å². The average Bonchev–Trinajstić information content (AvgIpc) is 2.96. The molecule has 5 heteroatoms. The van der Waals surface area contributed by atoms with Crippen LogP contribution in [-0.4, -0.2) is 28.3 Å². The SMILES string of the molecule is C=c1c2ccc(Oc3ccc4c(c3)C(=O)N(C)C4=O)cc2c(=C)n1C. The maximum Gasteiger partial charge on any atom is 0.261 e. The molecular formula is C20H16N2O3. The molecule has 0 N–H and O–H groups in total. The fraction of sp³-hybridized carbons (Fsp3) is 0.100. The van der Waals surface area contributed by atoms with Crippen LogP contribution in [0.15, 0.2) is 36.4 Å². The van der Waals surface area contributed by atoms with Gasteiger partial charge in [-0.1, -0.05) is 13.2 Å². The third kappa shape index (κ3) is 2.09. The van der Waals surface area contributed by atoms with E-state index in [4.69, 9.17) is 4.74 Å². The normalized spacial score (nSPS) is 13.6. The zero-order valence-corrected chi connectivity index (χ0v) is 14.0. The van der Waals surface area contributed by atoms with E-state index in [1.165, 1.54) is 7.05 Å². The third-order valence-corrected chi connectivity index (χ3v) is 4.72. The van der Waals surface area contributed by atoms with Crippen molar-refractivity contribution in [3.63, 3.8) is 0 Å². The molecule has 1 aliphatic rings. The number of carbonyl (C=O) groups excluding carboxylic acids is 2. The smallest absolute Gasteiger partial charge is 0.261 e. The van der Waals surface area contributed by atoms with Gasteiger partial charge in [-0.15, -0.1) is 0 Å². The molecule has 1 aliphatic heterocycles. The van der Waals surface area contributed by atoms with Crippen LogP contribution < -0.4 is 15.4 Å². The summed E-state index contributed by atoms with van der Waals surface area (Å²) >= 11 is 0. The zero-order valence-electron chi connectivity index (χ0n) is 14.0. The number of rotatable bonds is 2. The van der Waals surface area contributed by atoms with Crippen LogP contribution in [0.1, 0.15) is 20.7 Å². The van der Waals surface area contributed by atoms with Crippen LogP contribution in [0.5, 0.6) is 11.5 Å². The molecule has 25 heavy (non-hydrogen) atoms. The van der Waals surface area contributed by atoms with Crippen LogP contribution in [-0.2, 0) is 7.05 Å². The van der Waals surface area contributed by atoms with Gasteiger partial charge < -0.3 is 9.30 Å². The molecule has 4 rings (SSSR count). The number of hydrogen-bond acceptors (Lipinski definition) is 3. The Balaban J connectivity index is 1.75. The van der Waals surface area contributed by atoms with Gasteiger partial charge in [0, 0.05) is 35.6 Å². The Hall–Kier alpha value is -3.34. The molecule has 0 fully saturated rings. The van der Waals surface area contributed by atoms with Gasteiger partial charge in [0.25, 0.3) is 11.8 Å². The summed E-state index contributed by atoms with van der Waals surface area (Å²) in [5.41, 5.74) is 0.767. The highest BCUT2D eigenvalue weighted by molar-refractivity contribution is 6.21. The minimum absolute atomic E-state index is 0.290. The van der Waals surface area contributed by atoms with Crippen molar-refractivity contribution in [2.75, 3.05) is 7.05 Å². The minimum Gasteiger partial charge on any atom is -0.457 e. The van der Waals surface area contributed by atoms with E-state index in [0.29, 0.717) is 22.6 Å². The Kier molecular flexibility index (Phi) is 3.09. The number of nitrogens with zero attached hydrogens (tertiary/aromatic N) is 2. The number of fused-ring (bicyclic) bond motifs is 2. The van der Waals surface area contributed by atoms with Gasteiger partial charge in [0.15, 0.2) is 0 Å². The first-order valence-corrected chi connectivity index (χ1v) is 7.79. The Morgan fingerprint density at radius 1 is 0.800 bits per heavy atom. The van der Waals surface area contributed by atoms with Crippen molar-refractivity contribution < 1.29 is 14.3 Å². The number of benzene rings is 2. The van der Waals surface area contributed by atoms with Gasteiger partial charge in [0.05, 0.1) is 11.1 Å². The number of amides is 2. The Morgan fingerprint density at radius 3 is 2.16 bits per heavy atom. The summed E-state index contributed by atoms with van der Waals surface area (Å²) in [4.78, 5) is 25.2. The van der Waals surface area contributed by atoms with Crippen LogP contribution in [0, 0.1) is 0 Å². The number of aromatic nitrogens is 1. The molecule has 0 spiro atoms. The quantitative estimate of drug-likeness (QED) is 0.675. The molecular weight excluding hydrogens is 316 g/mol. The fourth-order valence-corrected chi connectivity index (χ4v) is 3.14. The van der Waals surface area contributed by atoms with E-state index < -0.39 is 0 Å². The lowest BCUT2D eigenvalue weighted by molar-refractivity contribution is 0.0693. The van der Waals surface area contributed by atoms with Gasteiger partial charge in [0.1, 0.15) is 11.5 Å². The molecule has 0 unspecified atom stereocenters. The van der Waals surface area contributed by atoms with Crippen LogP contribution in [0.25, 0.3) is 23.9 Å². The molecule has 2 heterocycles. The van der Waals surface area contributed by atoms with Gasteiger partial charge in [-0.2, -0.15) is 0 Å². The first-order chi connectivity index (χ1) is 11.9. The van der Waals surface area contributed by atoms with Crippen molar-refractivity contribution in [2.45, 2.75) is 0 Å². The molecule has 0 saturated carbocycles. The van der Waals surface area contributed by atoms with E-state index >= 15 is 0 Å². The van der Waals surface area contributed by atoms with Crippen molar-refractivity contribution in [1.29, 1.82) is 0 Å². The van der Waals surface area contributed by atoms with Gasteiger partial charge in [-0.25, -0.2) is 0 Å². The van der Waals surface area contributed by atoms with Crippen LogP contribution in [0.3, 0.4) is 0 Å². The van der Waals surface area contributed by atoms with Gasteiger partial charge in [0.2, 0.25) is 0 Å². The lowest BCUT2D eigenvalue weighted by atomic mass is 10.1. The minimum atomic E-state index is -0.314. The maximum absolute atomic E-state index is 12.1. The predicted octanol–water partition coefficient (Wildman–Crippen LogP) is 2.02. The average molecular weight is 332 g/mol. The van der Waals surface area contributed by atoms with Crippen molar-refractivity contribution >= 4 is 35.7 Å². The highest BCUT2D eigenvalue weighted by Crippen LogP contribution is 2.29. The van der Waals surface area contributed by atoms with E-state index in [2.05, 4.69) is 13.2 Å². The number of imide groups is 1. The molecule has 0 bridgehead atoms. The van der Waals surface area contributed by atoms with Gasteiger partial charge in [-0.05, 0) is 36.4 Å². The van der Waals surface area contributed by atoms with Crippen molar-refractivity contribution in [1.82, 2.24) is 9.47 Å². The lowest BCUT2D eigenvalue weighted by Crippen LogP contribution is -2.24. The molecule has 0 aliphatic carbocycles. The van der Waals surface area contributed by atoms with E-state index in [-0.39, 0.29) is 11.8 Å². The van der Waals surface area contributed by atoms with E-state index in [1.54, 1.807) is 18.2 Å². The fourth-order valence-electron chi connectivity index (χ4n) is 3.14. The summed E-state index contributed by atoms with van der Waals surface area (Å²) in [7, 11) is 3.39. The standard InChI is InChI=1S/C20H16N2O3/c1-11-15-7-5-13(9-17(15)12(2)21(11)3)25-14-6-8-16-18(10-14)20(24)22(4)19(16)23/h5-10H,1-2H2,3-4H3. The first kappa shape index (κ1) is 15.2. The van der Waals surface area contributed by atoms with Crippen LogP contribution >= 0.6 is 0 Å². The number of hydrogen-bond donors (Lipinski definition) is 0.